The third-order valence-electron chi connectivity index (χ3n) is 2.57. The molecule has 0 saturated carbocycles. The molecule has 0 radical (unpaired) electrons. The third kappa shape index (κ3) is 4.55. The summed E-state index contributed by atoms with van der Waals surface area (Å²) >= 11 is 0. The molecule has 1 heterocycles. The number of nitrogens with one attached hydrogen (secondary N) is 1. The van der Waals surface area contributed by atoms with Crippen molar-refractivity contribution in [1.82, 2.24) is 10.3 Å². The van der Waals surface area contributed by atoms with E-state index in [1.807, 2.05) is 6.07 Å². The normalized spacial score (nSPS) is 11.3. The van der Waals surface area contributed by atoms with Crippen molar-refractivity contribution in [2.75, 3.05) is 0 Å². The minimum Gasteiger partial charge on any atom is -0.405 e. The van der Waals surface area contributed by atoms with Crippen molar-refractivity contribution in [2.45, 2.75) is 19.5 Å². The second-order valence-electron chi connectivity index (χ2n) is 4.12. The Labute approximate surface area is 114 Å². The van der Waals surface area contributed by atoms with Gasteiger partial charge in [-0.3, -0.25) is 4.98 Å². The highest BCUT2D eigenvalue weighted by molar-refractivity contribution is 5.33. The van der Waals surface area contributed by atoms with Gasteiger partial charge in [0.15, 0.2) is 0 Å². The van der Waals surface area contributed by atoms with Gasteiger partial charge in [0.05, 0.1) is 0 Å². The lowest BCUT2D eigenvalue weighted by Gasteiger charge is -2.13. The first-order chi connectivity index (χ1) is 9.54. The molecule has 1 aromatic heterocycles. The Morgan fingerprint density at radius 1 is 1.05 bits per heavy atom. The van der Waals surface area contributed by atoms with Gasteiger partial charge in [0.25, 0.3) is 0 Å². The van der Waals surface area contributed by atoms with Crippen LogP contribution >= 0.6 is 0 Å². The maximum atomic E-state index is 12.3. The van der Waals surface area contributed by atoms with Crippen molar-refractivity contribution >= 4 is 0 Å². The largest absolute Gasteiger partial charge is 0.573 e. The van der Waals surface area contributed by atoms with Gasteiger partial charge in [0.1, 0.15) is 5.75 Å². The van der Waals surface area contributed by atoms with Gasteiger partial charge >= 0.3 is 6.36 Å². The van der Waals surface area contributed by atoms with Crippen molar-refractivity contribution in [3.63, 3.8) is 0 Å². The zero-order valence-electron chi connectivity index (χ0n) is 10.5. The van der Waals surface area contributed by atoms with Crippen LogP contribution in [0, 0.1) is 0 Å². The predicted octanol–water partition coefficient (Wildman–Crippen LogP) is 3.27. The predicted molar refractivity (Wildman–Crippen MR) is 67.9 cm³/mol. The summed E-state index contributed by atoms with van der Waals surface area (Å²) in [5, 5.41) is 3.06. The molecule has 2 aromatic rings. The van der Waals surface area contributed by atoms with Crippen molar-refractivity contribution in [3.05, 3.63) is 59.9 Å². The Balaban J connectivity index is 1.96. The number of hydrogen-bond donors (Lipinski definition) is 1. The topological polar surface area (TPSA) is 34.1 Å². The van der Waals surface area contributed by atoms with Crippen molar-refractivity contribution < 1.29 is 17.9 Å². The number of alkyl halides is 3. The Morgan fingerprint density at radius 2 is 1.85 bits per heavy atom. The molecule has 0 fully saturated rings. The van der Waals surface area contributed by atoms with Crippen LogP contribution < -0.4 is 10.1 Å². The van der Waals surface area contributed by atoms with Crippen LogP contribution in [0.15, 0.2) is 48.8 Å². The number of hydrogen-bond acceptors (Lipinski definition) is 3. The van der Waals surface area contributed by atoms with Gasteiger partial charge in [-0.25, -0.2) is 0 Å². The number of ether oxygens (including phenoxy) is 1. The third-order valence-corrected chi connectivity index (χ3v) is 2.57. The molecule has 6 heteroatoms. The van der Waals surface area contributed by atoms with E-state index in [4.69, 9.17) is 0 Å². The number of rotatable bonds is 5. The fourth-order valence-electron chi connectivity index (χ4n) is 1.72. The summed E-state index contributed by atoms with van der Waals surface area (Å²) in [6.07, 6.45) is -1.32. The maximum Gasteiger partial charge on any atom is 0.573 e. The highest BCUT2D eigenvalue weighted by Crippen LogP contribution is 2.26. The van der Waals surface area contributed by atoms with Crippen LogP contribution in [-0.4, -0.2) is 11.3 Å². The molecule has 106 valence electrons. The molecule has 0 bridgehead atoms. The molecule has 1 aromatic carbocycles. The Hall–Kier alpha value is -2.08. The number of para-hydroxylation sites is 1. The number of pyridine rings is 1. The molecule has 0 aliphatic rings. The van der Waals surface area contributed by atoms with Crippen molar-refractivity contribution in [1.29, 1.82) is 0 Å². The molecule has 20 heavy (non-hydrogen) atoms. The van der Waals surface area contributed by atoms with E-state index >= 15 is 0 Å². The van der Waals surface area contributed by atoms with E-state index in [0.29, 0.717) is 12.1 Å². The molecule has 0 amide bonds. The lowest BCUT2D eigenvalue weighted by atomic mass is 10.2. The smallest absolute Gasteiger partial charge is 0.405 e. The van der Waals surface area contributed by atoms with Crippen molar-refractivity contribution in [3.8, 4) is 5.75 Å². The number of benzene rings is 1. The molecular formula is C14H13F3N2O. The van der Waals surface area contributed by atoms with Gasteiger partial charge in [-0.05, 0) is 17.7 Å². The molecule has 2 rings (SSSR count). The van der Waals surface area contributed by atoms with Crippen LogP contribution in [0.1, 0.15) is 11.1 Å². The Bertz CT molecular complexity index is 544. The SMILES string of the molecule is FC(F)(F)Oc1ccccc1CNCc1cccnc1. The number of aromatic nitrogens is 1. The summed E-state index contributed by atoms with van der Waals surface area (Å²) in [5.41, 5.74) is 1.41. The molecule has 0 aliphatic carbocycles. The average molecular weight is 282 g/mol. The first kappa shape index (κ1) is 14.3. The van der Waals surface area contributed by atoms with E-state index in [0.717, 1.165) is 5.56 Å². The van der Waals surface area contributed by atoms with E-state index in [1.165, 1.54) is 12.1 Å². The van der Waals surface area contributed by atoms with Crippen LogP contribution in [0.3, 0.4) is 0 Å². The molecular weight excluding hydrogens is 269 g/mol. The van der Waals surface area contributed by atoms with E-state index < -0.39 is 6.36 Å². The number of halogens is 3. The summed E-state index contributed by atoms with van der Waals surface area (Å²) in [6, 6.07) is 9.76. The first-order valence-corrected chi connectivity index (χ1v) is 5.98. The van der Waals surface area contributed by atoms with E-state index in [2.05, 4.69) is 15.0 Å². The first-order valence-electron chi connectivity index (χ1n) is 5.98. The van der Waals surface area contributed by atoms with Gasteiger partial charge in [0.2, 0.25) is 0 Å². The van der Waals surface area contributed by atoms with Gasteiger partial charge in [0, 0.05) is 31.0 Å². The molecule has 0 spiro atoms. The van der Waals surface area contributed by atoms with E-state index in [-0.39, 0.29) is 12.3 Å². The monoisotopic (exact) mass is 282 g/mol. The summed E-state index contributed by atoms with van der Waals surface area (Å²) < 4.78 is 40.8. The highest BCUT2D eigenvalue weighted by atomic mass is 19.4. The van der Waals surface area contributed by atoms with E-state index in [9.17, 15) is 13.2 Å². The second kappa shape index (κ2) is 6.38. The zero-order chi connectivity index (χ0) is 14.4. The summed E-state index contributed by atoms with van der Waals surface area (Å²) in [5.74, 6) is -0.182. The van der Waals surface area contributed by atoms with E-state index in [1.54, 1.807) is 30.6 Å². The van der Waals surface area contributed by atoms with Crippen molar-refractivity contribution in [2.24, 2.45) is 0 Å². The van der Waals surface area contributed by atoms with Gasteiger partial charge in [-0.1, -0.05) is 24.3 Å². The lowest BCUT2D eigenvalue weighted by molar-refractivity contribution is -0.274. The van der Waals surface area contributed by atoms with Crippen LogP contribution in [-0.2, 0) is 13.1 Å². The Morgan fingerprint density at radius 3 is 2.55 bits per heavy atom. The number of nitrogens with zero attached hydrogens (tertiary/aromatic N) is 1. The second-order valence-corrected chi connectivity index (χ2v) is 4.12. The fourth-order valence-corrected chi connectivity index (χ4v) is 1.72. The molecule has 0 atom stereocenters. The van der Waals surface area contributed by atoms with Gasteiger partial charge in [-0.2, -0.15) is 0 Å². The summed E-state index contributed by atoms with van der Waals surface area (Å²) in [6.45, 7) is 0.801. The molecule has 1 N–H and O–H groups in total. The average Bonchev–Trinajstić information content (AvgIpc) is 2.40. The molecule has 0 unspecified atom stereocenters. The highest BCUT2D eigenvalue weighted by Gasteiger charge is 2.31. The molecule has 3 nitrogen and oxygen atoms in total. The van der Waals surface area contributed by atoms with Crippen LogP contribution in [0.4, 0.5) is 13.2 Å². The fraction of sp³-hybridized carbons (Fsp3) is 0.214. The minimum atomic E-state index is -4.68. The summed E-state index contributed by atoms with van der Waals surface area (Å²) in [7, 11) is 0. The molecule has 0 aliphatic heterocycles. The molecule has 0 saturated heterocycles. The maximum absolute atomic E-state index is 12.3. The van der Waals surface area contributed by atoms with Crippen LogP contribution in [0.25, 0.3) is 0 Å². The lowest BCUT2D eigenvalue weighted by Crippen LogP contribution is -2.20. The summed E-state index contributed by atoms with van der Waals surface area (Å²) in [4.78, 5) is 3.96. The zero-order valence-corrected chi connectivity index (χ0v) is 10.5. The van der Waals surface area contributed by atoms with Gasteiger partial charge in [-0.15, -0.1) is 13.2 Å². The van der Waals surface area contributed by atoms with Crippen LogP contribution in [0.5, 0.6) is 5.75 Å². The quantitative estimate of drug-likeness (QED) is 0.914. The Kier molecular flexibility index (Phi) is 4.57. The van der Waals surface area contributed by atoms with Crippen LogP contribution in [0.2, 0.25) is 0 Å². The minimum absolute atomic E-state index is 0.182. The standard InChI is InChI=1S/C14H13F3N2O/c15-14(16,17)20-13-6-2-1-5-12(13)10-19-9-11-4-3-7-18-8-11/h1-8,19H,9-10H2. The van der Waals surface area contributed by atoms with Gasteiger partial charge < -0.3 is 10.1 Å².